The van der Waals surface area contributed by atoms with Crippen LogP contribution in [0.2, 0.25) is 0 Å². The van der Waals surface area contributed by atoms with E-state index in [1.54, 1.807) is 25.3 Å². The molecule has 0 fully saturated rings. The summed E-state index contributed by atoms with van der Waals surface area (Å²) >= 11 is 3.11. The van der Waals surface area contributed by atoms with Gasteiger partial charge in [0.15, 0.2) is 5.96 Å². The van der Waals surface area contributed by atoms with Crippen molar-refractivity contribution in [2.75, 3.05) is 20.2 Å². The number of hydrogen-bond donors (Lipinski definition) is 2. The summed E-state index contributed by atoms with van der Waals surface area (Å²) in [6, 6.07) is -0.0770. The molecule has 0 amide bonds. The predicted octanol–water partition coefficient (Wildman–Crippen LogP) is 3.42. The van der Waals surface area contributed by atoms with Crippen LogP contribution >= 0.6 is 22.7 Å². The molecule has 0 aliphatic carbocycles. The summed E-state index contributed by atoms with van der Waals surface area (Å²) in [5.41, 5.74) is 1.88. The molecule has 0 aromatic carbocycles. The second-order valence-electron chi connectivity index (χ2n) is 6.27. The van der Waals surface area contributed by atoms with E-state index in [4.69, 9.17) is 4.74 Å². The number of carbonyl (C=O) groups is 1. The number of guanidine groups is 1. The van der Waals surface area contributed by atoms with Gasteiger partial charge in [-0.05, 0) is 34.1 Å². The first kappa shape index (κ1) is 22.3. The Morgan fingerprint density at radius 2 is 2.00 bits per heavy atom. The third kappa shape index (κ3) is 5.75. The first-order valence-electron chi connectivity index (χ1n) is 9.46. The number of nitrogens with one attached hydrogen (secondary N) is 2. The lowest BCUT2D eigenvalue weighted by molar-refractivity contribution is 0.0531. The van der Waals surface area contributed by atoms with Crippen molar-refractivity contribution in [3.8, 4) is 0 Å². The van der Waals surface area contributed by atoms with Crippen LogP contribution in [0.25, 0.3) is 0 Å². The number of aliphatic imine (C=N–C) groups is 1. The van der Waals surface area contributed by atoms with E-state index < -0.39 is 0 Å². The molecule has 2 rings (SSSR count). The second-order valence-corrected chi connectivity index (χ2v) is 8.58. The third-order valence-electron chi connectivity index (χ3n) is 4.12. The van der Waals surface area contributed by atoms with Crippen molar-refractivity contribution in [3.05, 3.63) is 31.2 Å². The van der Waals surface area contributed by atoms with Crippen LogP contribution in [-0.4, -0.2) is 42.1 Å². The molecule has 0 saturated carbocycles. The number of esters is 1. The molecule has 28 heavy (non-hydrogen) atoms. The highest BCUT2D eigenvalue weighted by molar-refractivity contribution is 7.13. The highest BCUT2D eigenvalue weighted by atomic mass is 32.1. The summed E-state index contributed by atoms with van der Waals surface area (Å²) in [5, 5.41) is 8.61. The molecule has 0 radical (unpaired) electrons. The quantitative estimate of drug-likeness (QED) is 0.384. The number of aryl methyl sites for hydroxylation is 3. The van der Waals surface area contributed by atoms with Crippen molar-refractivity contribution in [2.24, 2.45) is 4.99 Å². The van der Waals surface area contributed by atoms with Crippen LogP contribution in [0.3, 0.4) is 0 Å². The Morgan fingerprint density at radius 3 is 2.61 bits per heavy atom. The number of carbonyl (C=O) groups excluding carboxylic acids is 1. The highest BCUT2D eigenvalue weighted by Crippen LogP contribution is 2.24. The summed E-state index contributed by atoms with van der Waals surface area (Å²) in [6.45, 7) is 11.0. The van der Waals surface area contributed by atoms with Crippen LogP contribution in [0, 0.1) is 13.8 Å². The van der Waals surface area contributed by atoms with E-state index in [0.29, 0.717) is 23.1 Å². The Kier molecular flexibility index (Phi) is 8.37. The minimum Gasteiger partial charge on any atom is -0.462 e. The zero-order valence-corrected chi connectivity index (χ0v) is 19.0. The van der Waals surface area contributed by atoms with Gasteiger partial charge in [0.25, 0.3) is 0 Å². The molecule has 2 aromatic heterocycles. The standard InChI is InChI=1S/C19H29N5O2S2/c1-7-14-13(5)27-15(24-14)9-10-21-19(20-6)23-12(4)17-22-11(3)16(28-17)18(25)26-8-2/h12H,7-10H2,1-6H3,(H2,20,21,23). The van der Waals surface area contributed by atoms with Gasteiger partial charge in [-0.3, -0.25) is 4.99 Å². The van der Waals surface area contributed by atoms with Gasteiger partial charge >= 0.3 is 5.97 Å². The molecule has 0 spiro atoms. The highest BCUT2D eigenvalue weighted by Gasteiger charge is 2.20. The maximum absolute atomic E-state index is 12.0. The summed E-state index contributed by atoms with van der Waals surface area (Å²) in [6.07, 6.45) is 1.82. The van der Waals surface area contributed by atoms with Gasteiger partial charge in [0.2, 0.25) is 0 Å². The molecule has 1 atom stereocenters. The molecular formula is C19H29N5O2S2. The van der Waals surface area contributed by atoms with Gasteiger partial charge in [-0.15, -0.1) is 22.7 Å². The van der Waals surface area contributed by atoms with Crippen molar-refractivity contribution in [1.29, 1.82) is 0 Å². The molecule has 154 valence electrons. The average Bonchev–Trinajstić information content (AvgIpc) is 3.23. The topological polar surface area (TPSA) is 88.5 Å². The minimum atomic E-state index is -0.316. The molecule has 0 aliphatic heterocycles. The number of thiazole rings is 2. The Balaban J connectivity index is 1.91. The van der Waals surface area contributed by atoms with Crippen molar-refractivity contribution in [3.63, 3.8) is 0 Å². The molecule has 2 aromatic rings. The van der Waals surface area contributed by atoms with Crippen molar-refractivity contribution >= 4 is 34.6 Å². The average molecular weight is 424 g/mol. The van der Waals surface area contributed by atoms with Crippen molar-refractivity contribution < 1.29 is 9.53 Å². The van der Waals surface area contributed by atoms with E-state index in [2.05, 4.69) is 39.4 Å². The van der Waals surface area contributed by atoms with Crippen molar-refractivity contribution in [1.82, 2.24) is 20.6 Å². The summed E-state index contributed by atoms with van der Waals surface area (Å²) in [4.78, 5) is 27.3. The Hall–Kier alpha value is -2.00. The predicted molar refractivity (Wildman–Crippen MR) is 116 cm³/mol. The van der Waals surface area contributed by atoms with Crippen LogP contribution < -0.4 is 10.6 Å². The van der Waals surface area contributed by atoms with Crippen LogP contribution in [0.5, 0.6) is 0 Å². The van der Waals surface area contributed by atoms with E-state index in [1.165, 1.54) is 21.9 Å². The lowest BCUT2D eigenvalue weighted by Gasteiger charge is -2.15. The summed E-state index contributed by atoms with van der Waals surface area (Å²) in [5.74, 6) is 0.380. The van der Waals surface area contributed by atoms with E-state index in [1.807, 2.05) is 13.8 Å². The van der Waals surface area contributed by atoms with Gasteiger partial charge in [0, 0.05) is 24.9 Å². The molecule has 0 aliphatic rings. The Labute approximate surface area is 174 Å². The lowest BCUT2D eigenvalue weighted by Crippen LogP contribution is -2.39. The number of nitrogens with zero attached hydrogens (tertiary/aromatic N) is 3. The maximum atomic E-state index is 12.0. The zero-order chi connectivity index (χ0) is 20.7. The zero-order valence-electron chi connectivity index (χ0n) is 17.4. The first-order chi connectivity index (χ1) is 13.4. The van der Waals surface area contributed by atoms with Gasteiger partial charge < -0.3 is 15.4 Å². The molecule has 2 heterocycles. The number of hydrogen-bond acceptors (Lipinski definition) is 7. The molecule has 0 saturated heterocycles. The van der Waals surface area contributed by atoms with Crippen LogP contribution in [0.4, 0.5) is 0 Å². The largest absolute Gasteiger partial charge is 0.462 e. The fourth-order valence-corrected chi connectivity index (χ4v) is 4.64. The van der Waals surface area contributed by atoms with Gasteiger partial charge in [-0.1, -0.05) is 6.92 Å². The molecule has 2 N–H and O–H groups in total. The number of ether oxygens (including phenoxy) is 1. The Morgan fingerprint density at radius 1 is 1.25 bits per heavy atom. The van der Waals surface area contributed by atoms with Gasteiger partial charge in [-0.2, -0.15) is 0 Å². The summed E-state index contributed by atoms with van der Waals surface area (Å²) in [7, 11) is 1.74. The van der Waals surface area contributed by atoms with E-state index >= 15 is 0 Å². The molecule has 7 nitrogen and oxygen atoms in total. The molecule has 9 heteroatoms. The van der Waals surface area contributed by atoms with E-state index in [0.717, 1.165) is 29.4 Å². The summed E-state index contributed by atoms with van der Waals surface area (Å²) < 4.78 is 5.09. The lowest BCUT2D eigenvalue weighted by atomic mass is 10.3. The molecule has 1 unspecified atom stereocenters. The number of rotatable bonds is 8. The number of aromatic nitrogens is 2. The third-order valence-corrected chi connectivity index (χ3v) is 6.52. The van der Waals surface area contributed by atoms with E-state index in [-0.39, 0.29) is 12.0 Å². The van der Waals surface area contributed by atoms with Crippen LogP contribution in [-0.2, 0) is 17.6 Å². The smallest absolute Gasteiger partial charge is 0.350 e. The second kappa shape index (κ2) is 10.5. The van der Waals surface area contributed by atoms with E-state index in [9.17, 15) is 4.79 Å². The monoisotopic (exact) mass is 423 g/mol. The minimum absolute atomic E-state index is 0.0770. The Bertz CT molecular complexity index is 828. The molecule has 0 bridgehead atoms. The maximum Gasteiger partial charge on any atom is 0.350 e. The molecular weight excluding hydrogens is 394 g/mol. The van der Waals surface area contributed by atoms with Crippen molar-refractivity contribution in [2.45, 2.75) is 53.5 Å². The fraction of sp³-hybridized carbons (Fsp3) is 0.579. The SMILES string of the molecule is CCOC(=O)c1sc(C(C)NC(=NC)NCCc2nc(CC)c(C)s2)nc1C. The van der Waals surface area contributed by atoms with Crippen LogP contribution in [0.15, 0.2) is 4.99 Å². The first-order valence-corrected chi connectivity index (χ1v) is 11.1. The van der Waals surface area contributed by atoms with Gasteiger partial charge in [-0.25, -0.2) is 14.8 Å². The fourth-order valence-electron chi connectivity index (χ4n) is 2.66. The normalized spacial score (nSPS) is 12.7. The van der Waals surface area contributed by atoms with Crippen LogP contribution in [0.1, 0.15) is 62.8 Å². The van der Waals surface area contributed by atoms with Gasteiger partial charge in [0.1, 0.15) is 9.88 Å². The van der Waals surface area contributed by atoms with Gasteiger partial charge in [0.05, 0.1) is 29.0 Å².